The molecule has 5 nitrogen and oxygen atoms in total. The van der Waals surface area contributed by atoms with Crippen molar-refractivity contribution < 1.29 is 9.13 Å². The van der Waals surface area contributed by atoms with E-state index >= 15 is 0 Å². The molecule has 0 bridgehead atoms. The fourth-order valence-electron chi connectivity index (χ4n) is 3.98. The topological polar surface area (TPSA) is 59.1 Å². The van der Waals surface area contributed by atoms with Crippen molar-refractivity contribution >= 4 is 45.5 Å². The van der Waals surface area contributed by atoms with Crippen LogP contribution in [0.15, 0.2) is 42.5 Å². The second-order valence-electron chi connectivity index (χ2n) is 8.18. The van der Waals surface area contributed by atoms with E-state index in [0.29, 0.717) is 36.8 Å². The normalized spacial score (nSPS) is 17.3. The smallest absolute Gasteiger partial charge is 0.229 e. The minimum atomic E-state index is -0.457. The van der Waals surface area contributed by atoms with Crippen LogP contribution >= 0.6 is 11.6 Å². The third kappa shape index (κ3) is 4.36. The molecule has 1 saturated carbocycles. The van der Waals surface area contributed by atoms with E-state index in [1.54, 1.807) is 6.07 Å². The molecule has 0 saturated heterocycles. The van der Waals surface area contributed by atoms with Crippen LogP contribution in [0, 0.1) is 11.7 Å². The highest BCUT2D eigenvalue weighted by molar-refractivity contribution is 6.31. The number of para-hydroxylation sites is 1. The zero-order chi connectivity index (χ0) is 21.4. The van der Waals surface area contributed by atoms with Gasteiger partial charge in [-0.3, -0.25) is 0 Å². The zero-order valence-electron chi connectivity index (χ0n) is 17.3. The summed E-state index contributed by atoms with van der Waals surface area (Å²) in [5.74, 6) is 1.47. The molecule has 0 radical (unpaired) electrons. The van der Waals surface area contributed by atoms with Gasteiger partial charge < -0.3 is 15.4 Å². The lowest BCUT2D eigenvalue weighted by atomic mass is 9.98. The molecule has 0 unspecified atom stereocenters. The van der Waals surface area contributed by atoms with Crippen LogP contribution < -0.4 is 10.6 Å². The lowest BCUT2D eigenvalue weighted by Gasteiger charge is -2.19. The van der Waals surface area contributed by atoms with E-state index in [1.165, 1.54) is 30.5 Å². The number of rotatable bonds is 6. The lowest BCUT2D eigenvalue weighted by Crippen LogP contribution is -2.19. The number of nitrogens with zero attached hydrogens (tertiary/aromatic N) is 2. The number of anilines is 3. The van der Waals surface area contributed by atoms with Crippen LogP contribution in [0.5, 0.6) is 0 Å². The van der Waals surface area contributed by atoms with E-state index in [4.69, 9.17) is 26.3 Å². The zero-order valence-corrected chi connectivity index (χ0v) is 18.0. The van der Waals surface area contributed by atoms with Crippen molar-refractivity contribution in [2.75, 3.05) is 23.8 Å². The number of nitrogens with one attached hydrogen (secondary N) is 2. The molecule has 2 aliphatic rings. The highest BCUT2D eigenvalue weighted by Gasteiger charge is 2.28. The van der Waals surface area contributed by atoms with Gasteiger partial charge in [-0.2, -0.15) is 4.98 Å². The molecule has 31 heavy (non-hydrogen) atoms. The van der Waals surface area contributed by atoms with Gasteiger partial charge in [0.15, 0.2) is 0 Å². The first-order chi connectivity index (χ1) is 15.1. The maximum absolute atomic E-state index is 13.6. The van der Waals surface area contributed by atoms with Gasteiger partial charge in [0.05, 0.1) is 23.8 Å². The van der Waals surface area contributed by atoms with Gasteiger partial charge in [0.25, 0.3) is 0 Å². The molecule has 1 fully saturated rings. The standard InChI is InChI=1S/C24H24ClFN4O/c1-14(15-5-6-15)27-23-19-4-2-3-18(16-9-11-31-12-10-16)22(19)29-24(30-23)28-17-7-8-21(26)20(25)13-17/h2-4,7-9,13-15H,5-6,10-12H2,1H3,(H2,27,28,29,30)/t14-/m1/s1. The van der Waals surface area contributed by atoms with Crippen LogP contribution in [0.25, 0.3) is 16.5 Å². The summed E-state index contributed by atoms with van der Waals surface area (Å²) in [5, 5.41) is 7.84. The number of hydrogen-bond donors (Lipinski definition) is 2. The molecule has 5 rings (SSSR count). The Bertz CT molecular complexity index is 1160. The van der Waals surface area contributed by atoms with Crippen LogP contribution in [0.4, 0.5) is 21.8 Å². The molecule has 0 amide bonds. The number of aromatic nitrogens is 2. The highest BCUT2D eigenvalue weighted by atomic mass is 35.5. The minimum absolute atomic E-state index is 0.0551. The molecule has 7 heteroatoms. The van der Waals surface area contributed by atoms with Crippen molar-refractivity contribution in [2.45, 2.75) is 32.2 Å². The van der Waals surface area contributed by atoms with Crippen LogP contribution in [0.3, 0.4) is 0 Å². The molecular weight excluding hydrogens is 415 g/mol. The Kier molecular flexibility index (Phi) is 5.50. The number of halogens is 2. The highest BCUT2D eigenvalue weighted by Crippen LogP contribution is 2.36. The first kappa shape index (κ1) is 20.2. The first-order valence-corrected chi connectivity index (χ1v) is 11.0. The second kappa shape index (κ2) is 8.44. The van der Waals surface area contributed by atoms with Crippen molar-refractivity contribution in [1.29, 1.82) is 0 Å². The molecule has 160 valence electrons. The van der Waals surface area contributed by atoms with Crippen LogP contribution in [-0.4, -0.2) is 29.2 Å². The van der Waals surface area contributed by atoms with Gasteiger partial charge in [0, 0.05) is 22.7 Å². The summed E-state index contributed by atoms with van der Waals surface area (Å²) >= 11 is 5.96. The van der Waals surface area contributed by atoms with E-state index in [1.807, 2.05) is 0 Å². The molecule has 3 aromatic rings. The Hall–Kier alpha value is -2.70. The molecular formula is C24H24ClFN4O. The van der Waals surface area contributed by atoms with Crippen molar-refractivity contribution in [2.24, 2.45) is 5.92 Å². The predicted octanol–water partition coefficient (Wildman–Crippen LogP) is 6.18. The average Bonchev–Trinajstić information content (AvgIpc) is 3.62. The number of benzene rings is 2. The fraction of sp³-hybridized carbons (Fsp3) is 0.333. The second-order valence-corrected chi connectivity index (χ2v) is 8.58. The molecule has 1 aliphatic heterocycles. The first-order valence-electron chi connectivity index (χ1n) is 10.6. The summed E-state index contributed by atoms with van der Waals surface area (Å²) in [6.45, 7) is 3.51. The van der Waals surface area contributed by atoms with Crippen molar-refractivity contribution in [3.05, 3.63) is 58.9 Å². The Morgan fingerprint density at radius 2 is 2.06 bits per heavy atom. The van der Waals surface area contributed by atoms with E-state index in [2.05, 4.69) is 41.8 Å². The largest absolute Gasteiger partial charge is 0.377 e. The van der Waals surface area contributed by atoms with Crippen molar-refractivity contribution in [1.82, 2.24) is 9.97 Å². The van der Waals surface area contributed by atoms with E-state index in [-0.39, 0.29) is 5.02 Å². The molecule has 2 aromatic carbocycles. The van der Waals surface area contributed by atoms with Gasteiger partial charge in [-0.15, -0.1) is 0 Å². The number of ether oxygens (including phenoxy) is 1. The third-order valence-electron chi connectivity index (χ3n) is 5.91. The lowest BCUT2D eigenvalue weighted by molar-refractivity contribution is 0.161. The van der Waals surface area contributed by atoms with E-state index in [9.17, 15) is 4.39 Å². The predicted molar refractivity (Wildman–Crippen MR) is 123 cm³/mol. The Balaban J connectivity index is 1.60. The Labute approximate surface area is 185 Å². The summed E-state index contributed by atoms with van der Waals surface area (Å²) in [5.41, 5.74) is 3.83. The quantitative estimate of drug-likeness (QED) is 0.481. The summed E-state index contributed by atoms with van der Waals surface area (Å²) in [7, 11) is 0. The maximum atomic E-state index is 13.6. The third-order valence-corrected chi connectivity index (χ3v) is 6.19. The average molecular weight is 439 g/mol. The maximum Gasteiger partial charge on any atom is 0.229 e. The molecule has 1 aromatic heterocycles. The molecule has 2 N–H and O–H groups in total. The van der Waals surface area contributed by atoms with Crippen LogP contribution in [0.2, 0.25) is 5.02 Å². The van der Waals surface area contributed by atoms with Gasteiger partial charge in [0.1, 0.15) is 11.6 Å². The Morgan fingerprint density at radius 1 is 1.19 bits per heavy atom. The fourth-order valence-corrected chi connectivity index (χ4v) is 4.16. The van der Waals surface area contributed by atoms with Gasteiger partial charge in [-0.25, -0.2) is 9.37 Å². The monoisotopic (exact) mass is 438 g/mol. The van der Waals surface area contributed by atoms with E-state index < -0.39 is 5.82 Å². The van der Waals surface area contributed by atoms with Crippen LogP contribution in [-0.2, 0) is 4.74 Å². The number of hydrogen-bond acceptors (Lipinski definition) is 5. The number of fused-ring (bicyclic) bond motifs is 1. The van der Waals surface area contributed by atoms with Crippen molar-refractivity contribution in [3.8, 4) is 0 Å². The minimum Gasteiger partial charge on any atom is -0.377 e. The Morgan fingerprint density at radius 3 is 2.81 bits per heavy atom. The summed E-state index contributed by atoms with van der Waals surface area (Å²) in [6.07, 6.45) is 5.46. The molecule has 1 aliphatic carbocycles. The molecule has 0 spiro atoms. The SMILES string of the molecule is C[C@@H](Nc1nc(Nc2ccc(F)c(Cl)c2)nc2c(C3=CCOCC3)cccc12)C1CC1. The summed E-state index contributed by atoms with van der Waals surface area (Å²) in [4.78, 5) is 9.62. The molecule has 2 heterocycles. The van der Waals surface area contributed by atoms with Gasteiger partial charge in [0.2, 0.25) is 5.95 Å². The van der Waals surface area contributed by atoms with Crippen molar-refractivity contribution in [3.63, 3.8) is 0 Å². The van der Waals surface area contributed by atoms with Gasteiger partial charge in [-0.1, -0.05) is 29.8 Å². The summed E-state index contributed by atoms with van der Waals surface area (Å²) < 4.78 is 19.1. The summed E-state index contributed by atoms with van der Waals surface area (Å²) in [6, 6.07) is 11.0. The molecule has 1 atom stereocenters. The van der Waals surface area contributed by atoms with Gasteiger partial charge in [-0.05, 0) is 61.9 Å². The van der Waals surface area contributed by atoms with E-state index in [0.717, 1.165) is 28.7 Å². The van der Waals surface area contributed by atoms with Crippen LogP contribution in [0.1, 0.15) is 31.7 Å². The van der Waals surface area contributed by atoms with Gasteiger partial charge >= 0.3 is 0 Å².